The Bertz CT molecular complexity index is 1530. The summed E-state index contributed by atoms with van der Waals surface area (Å²) in [6, 6.07) is 13.6. The monoisotopic (exact) mass is 523 g/mol. The molecule has 0 spiro atoms. The molecule has 0 saturated heterocycles. The van der Waals surface area contributed by atoms with Gasteiger partial charge >= 0.3 is 0 Å². The highest BCUT2D eigenvalue weighted by atomic mass is 16.5. The smallest absolute Gasteiger partial charge is 0.247 e. The van der Waals surface area contributed by atoms with Gasteiger partial charge in [0.25, 0.3) is 0 Å². The summed E-state index contributed by atoms with van der Waals surface area (Å²) >= 11 is 0. The Kier molecular flexibility index (Phi) is 8.49. The van der Waals surface area contributed by atoms with E-state index in [4.69, 9.17) is 16.1 Å². The number of hydrogen-bond acceptors (Lipinski definition) is 7. The molecule has 0 aliphatic heterocycles. The van der Waals surface area contributed by atoms with Crippen molar-refractivity contribution in [3.8, 4) is 29.4 Å². The van der Waals surface area contributed by atoms with Crippen LogP contribution in [-0.4, -0.2) is 66.7 Å². The second-order valence-corrected chi connectivity index (χ2v) is 9.27. The molecule has 0 atom stereocenters. The number of terminal acetylenes is 1. The van der Waals surface area contributed by atoms with Gasteiger partial charge in [-0.15, -0.1) is 6.42 Å². The molecule has 0 aliphatic carbocycles. The number of rotatable bonds is 11. The molecule has 9 nitrogen and oxygen atoms in total. The van der Waals surface area contributed by atoms with E-state index >= 15 is 0 Å². The van der Waals surface area contributed by atoms with Crippen molar-refractivity contribution in [1.29, 1.82) is 0 Å². The summed E-state index contributed by atoms with van der Waals surface area (Å²) in [5, 5.41) is 7.23. The van der Waals surface area contributed by atoms with E-state index in [0.29, 0.717) is 29.6 Å². The quantitative estimate of drug-likeness (QED) is 0.219. The first-order valence-corrected chi connectivity index (χ1v) is 12.5. The van der Waals surface area contributed by atoms with Crippen molar-refractivity contribution in [2.75, 3.05) is 56.9 Å². The second-order valence-electron chi connectivity index (χ2n) is 9.27. The van der Waals surface area contributed by atoms with Gasteiger partial charge in [0, 0.05) is 55.1 Å². The van der Waals surface area contributed by atoms with Crippen molar-refractivity contribution in [1.82, 2.24) is 19.4 Å². The number of nitrogens with zero attached hydrogens (tertiary/aromatic N) is 5. The summed E-state index contributed by atoms with van der Waals surface area (Å²) in [6.07, 6.45) is 10.5. The second kappa shape index (κ2) is 12.2. The Morgan fingerprint density at radius 3 is 2.69 bits per heavy atom. The fourth-order valence-electron chi connectivity index (χ4n) is 4.28. The summed E-state index contributed by atoms with van der Waals surface area (Å²) in [5.41, 5.74) is 4.77. The van der Waals surface area contributed by atoms with Crippen LogP contribution in [0.25, 0.3) is 22.2 Å². The number of para-hydroxylation sites is 1. The van der Waals surface area contributed by atoms with E-state index in [2.05, 4.69) is 44.0 Å². The molecule has 0 aliphatic rings. The van der Waals surface area contributed by atoms with Gasteiger partial charge in [-0.05, 0) is 38.4 Å². The maximum absolute atomic E-state index is 12.3. The molecule has 2 heterocycles. The number of carbonyl (C=O) groups is 1. The Hall–Kier alpha value is -4.81. The molecule has 2 aromatic heterocycles. The van der Waals surface area contributed by atoms with Crippen molar-refractivity contribution in [2.45, 2.75) is 6.54 Å². The maximum Gasteiger partial charge on any atom is 0.247 e. The van der Waals surface area contributed by atoms with E-state index in [1.165, 1.54) is 6.08 Å². The van der Waals surface area contributed by atoms with Crippen LogP contribution in [0.1, 0.15) is 0 Å². The van der Waals surface area contributed by atoms with Crippen LogP contribution in [0.5, 0.6) is 5.75 Å². The average Bonchev–Trinajstić information content (AvgIpc) is 3.30. The predicted molar refractivity (Wildman–Crippen MR) is 159 cm³/mol. The molecule has 0 unspecified atom stereocenters. The lowest BCUT2D eigenvalue weighted by molar-refractivity contribution is -0.111. The number of hydrogen-bond donors (Lipinski definition) is 2. The van der Waals surface area contributed by atoms with Crippen LogP contribution >= 0.6 is 0 Å². The molecule has 0 radical (unpaired) electrons. The molecule has 0 fully saturated rings. The van der Waals surface area contributed by atoms with Crippen molar-refractivity contribution in [3.05, 3.63) is 67.5 Å². The number of fused-ring (bicyclic) bond motifs is 1. The van der Waals surface area contributed by atoms with Crippen LogP contribution in [0.15, 0.2) is 67.5 Å². The van der Waals surface area contributed by atoms with E-state index in [1.54, 1.807) is 13.3 Å². The first-order chi connectivity index (χ1) is 18.8. The Morgan fingerprint density at radius 2 is 1.97 bits per heavy atom. The van der Waals surface area contributed by atoms with Gasteiger partial charge in [-0.2, -0.15) is 0 Å². The molecular formula is C30H33N7O2. The summed E-state index contributed by atoms with van der Waals surface area (Å²) in [7, 11) is 7.60. The fourth-order valence-corrected chi connectivity index (χ4v) is 4.28. The molecule has 4 aromatic rings. The summed E-state index contributed by atoms with van der Waals surface area (Å²) in [6.45, 7) is 5.63. The van der Waals surface area contributed by atoms with Gasteiger partial charge in [0.1, 0.15) is 5.75 Å². The third kappa shape index (κ3) is 6.20. The van der Waals surface area contributed by atoms with Gasteiger partial charge < -0.3 is 29.7 Å². The SMILES string of the molecule is C#CCn1cc(-c2ccnc(Nc3cc(NC(=O)C=C)c(N(C)CCN(C)C)cc3OC)n2)c2ccccc21. The average molecular weight is 524 g/mol. The molecule has 2 N–H and O–H groups in total. The summed E-state index contributed by atoms with van der Waals surface area (Å²) < 4.78 is 7.74. The lowest BCUT2D eigenvalue weighted by atomic mass is 10.1. The molecule has 0 bridgehead atoms. The molecule has 4 rings (SSSR count). The number of likely N-dealkylation sites (N-methyl/N-ethyl adjacent to an activating group) is 2. The molecule has 0 saturated carbocycles. The summed E-state index contributed by atoms with van der Waals surface area (Å²) in [4.78, 5) is 25.6. The molecule has 9 heteroatoms. The standard InChI is InChI=1S/C30H33N7O2/c1-7-15-37-20-22(21-11-9-10-12-26(21)37)23-13-14-31-30(33-23)34-25-18-24(32-29(38)8-2)27(19-28(25)39-6)36(5)17-16-35(3)4/h1,8-14,18-20H,2,15-17H2,3-6H3,(H,32,38)(H,31,33,34). The predicted octanol–water partition coefficient (Wildman–Crippen LogP) is 4.61. The van der Waals surface area contributed by atoms with Crippen molar-refractivity contribution < 1.29 is 9.53 Å². The van der Waals surface area contributed by atoms with Crippen LogP contribution in [-0.2, 0) is 11.3 Å². The van der Waals surface area contributed by atoms with Gasteiger partial charge in [-0.3, -0.25) is 4.79 Å². The number of methoxy groups -OCH3 is 1. The maximum atomic E-state index is 12.3. The van der Waals surface area contributed by atoms with Crippen LogP contribution in [0, 0.1) is 12.3 Å². The zero-order chi connectivity index (χ0) is 27.9. The number of ether oxygens (including phenoxy) is 1. The van der Waals surface area contributed by atoms with Crippen molar-refractivity contribution in [2.24, 2.45) is 0 Å². The van der Waals surface area contributed by atoms with E-state index in [0.717, 1.165) is 40.9 Å². The third-order valence-corrected chi connectivity index (χ3v) is 6.28. The first-order valence-electron chi connectivity index (χ1n) is 12.5. The van der Waals surface area contributed by atoms with Crippen molar-refractivity contribution in [3.63, 3.8) is 0 Å². The zero-order valence-electron chi connectivity index (χ0n) is 22.7. The fraction of sp³-hybridized carbons (Fsp3) is 0.233. The van der Waals surface area contributed by atoms with Gasteiger partial charge in [-0.25, -0.2) is 9.97 Å². The minimum Gasteiger partial charge on any atom is -0.494 e. The lowest BCUT2D eigenvalue weighted by Crippen LogP contribution is -2.29. The largest absolute Gasteiger partial charge is 0.494 e. The third-order valence-electron chi connectivity index (χ3n) is 6.28. The van der Waals surface area contributed by atoms with Gasteiger partial charge in [-0.1, -0.05) is 30.7 Å². The van der Waals surface area contributed by atoms with E-state index in [1.807, 2.05) is 68.3 Å². The highest BCUT2D eigenvalue weighted by Gasteiger charge is 2.17. The normalized spacial score (nSPS) is 10.8. The van der Waals surface area contributed by atoms with Gasteiger partial charge in [0.15, 0.2) is 0 Å². The Labute approximate surface area is 229 Å². The number of nitrogens with one attached hydrogen (secondary N) is 2. The van der Waals surface area contributed by atoms with Crippen LogP contribution in [0.2, 0.25) is 0 Å². The van der Waals surface area contributed by atoms with Gasteiger partial charge in [0.2, 0.25) is 11.9 Å². The van der Waals surface area contributed by atoms with Crippen molar-refractivity contribution >= 4 is 39.8 Å². The topological polar surface area (TPSA) is 87.6 Å². The molecule has 39 heavy (non-hydrogen) atoms. The highest BCUT2D eigenvalue weighted by molar-refractivity contribution is 6.02. The van der Waals surface area contributed by atoms with E-state index < -0.39 is 0 Å². The number of carbonyl (C=O) groups excluding carboxylic acids is 1. The van der Waals surface area contributed by atoms with Crippen LogP contribution in [0.3, 0.4) is 0 Å². The molecule has 1 amide bonds. The van der Waals surface area contributed by atoms with Gasteiger partial charge in [0.05, 0.1) is 36.4 Å². The number of aromatic nitrogens is 3. The van der Waals surface area contributed by atoms with E-state index in [-0.39, 0.29) is 5.91 Å². The minimum atomic E-state index is -0.310. The minimum absolute atomic E-state index is 0.310. The van der Waals surface area contributed by atoms with Crippen LogP contribution < -0.4 is 20.3 Å². The molecular weight excluding hydrogens is 490 g/mol. The van der Waals surface area contributed by atoms with E-state index in [9.17, 15) is 4.79 Å². The number of benzene rings is 2. The first kappa shape index (κ1) is 27.2. The number of anilines is 4. The Morgan fingerprint density at radius 1 is 1.18 bits per heavy atom. The summed E-state index contributed by atoms with van der Waals surface area (Å²) in [5.74, 6) is 3.36. The highest BCUT2D eigenvalue weighted by Crippen LogP contribution is 2.38. The Balaban J connectivity index is 1.72. The van der Waals surface area contributed by atoms with Crippen LogP contribution in [0.4, 0.5) is 23.0 Å². The molecule has 2 aromatic carbocycles. The number of amides is 1. The zero-order valence-corrected chi connectivity index (χ0v) is 22.7. The molecule has 200 valence electrons. The lowest BCUT2D eigenvalue weighted by Gasteiger charge is -2.26.